The Morgan fingerprint density at radius 2 is 1.51 bits per heavy atom. The summed E-state index contributed by atoms with van der Waals surface area (Å²) in [4.78, 5) is 81.2. The number of nitrogens with zero attached hydrogens (tertiary/aromatic N) is 1. The van der Waals surface area contributed by atoms with Crippen LogP contribution in [0.15, 0.2) is 54.6 Å². The van der Waals surface area contributed by atoms with Gasteiger partial charge >= 0.3 is 0 Å². The highest BCUT2D eigenvalue weighted by Gasteiger charge is 2.34. The van der Waals surface area contributed by atoms with Crippen molar-refractivity contribution in [2.24, 2.45) is 11.8 Å². The molecule has 0 aromatic heterocycles. The van der Waals surface area contributed by atoms with E-state index in [1.54, 1.807) is 13.8 Å². The highest BCUT2D eigenvalue weighted by atomic mass is 16.2. The van der Waals surface area contributed by atoms with Crippen molar-refractivity contribution in [3.8, 4) is 0 Å². The molecule has 4 atom stereocenters. The van der Waals surface area contributed by atoms with Crippen molar-refractivity contribution in [1.29, 1.82) is 0 Å². The molecule has 1 aliphatic carbocycles. The van der Waals surface area contributed by atoms with Crippen LogP contribution in [0, 0.1) is 11.8 Å². The summed E-state index contributed by atoms with van der Waals surface area (Å²) in [6, 6.07) is 13.0. The van der Waals surface area contributed by atoms with E-state index >= 15 is 0 Å². The smallest absolute Gasteiger partial charge is 0.245 e. The number of fused-ring (bicyclic) bond motifs is 1. The van der Waals surface area contributed by atoms with Gasteiger partial charge in [0.05, 0.1) is 6.54 Å². The minimum atomic E-state index is -1.04. The number of hydrogen-bond donors (Lipinski definition) is 5. The molecule has 2 aromatic rings. The van der Waals surface area contributed by atoms with E-state index in [0.717, 1.165) is 16.7 Å². The van der Waals surface area contributed by atoms with Crippen molar-refractivity contribution in [1.82, 2.24) is 31.5 Å². The zero-order valence-corrected chi connectivity index (χ0v) is 27.5. The fraction of sp³-hybridized carbons (Fsp3) is 0.486. The van der Waals surface area contributed by atoms with Crippen LogP contribution in [0.5, 0.6) is 0 Å². The van der Waals surface area contributed by atoms with Crippen LogP contribution in [-0.2, 0) is 48.0 Å². The SMILES string of the molecule is CC(C)[C@H]1NC(=O)[C@@H](NC(=O)C2Cc3ccccc3C2)CCCNC(=O)CN(C)C(=O)[C@H](Cc2ccccc2)NC(=O)[C@@H](C)NC1=O. The van der Waals surface area contributed by atoms with E-state index in [2.05, 4.69) is 26.6 Å². The minimum absolute atomic E-state index is 0.183. The standard InChI is InChI=1S/C35H46N6O6/c1-21(2)30-34(46)37-22(3)31(43)39-28(17-23-11-6-5-7-12-23)35(47)41(4)20-29(42)36-16-10-15-27(33(45)40-30)38-32(44)26-18-24-13-8-9-14-25(24)19-26/h5-9,11-14,21-22,26-28,30H,10,15-20H2,1-4H3,(H,36,42)(H,37,46)(H,38,44)(H,39,43)(H,40,45)/t22-,27+,28+,30-/m1/s1. The molecule has 5 N–H and O–H groups in total. The first kappa shape index (κ1) is 35.1. The van der Waals surface area contributed by atoms with Gasteiger partial charge in [-0.25, -0.2) is 0 Å². The minimum Gasteiger partial charge on any atom is -0.355 e. The van der Waals surface area contributed by atoms with Gasteiger partial charge in [-0.1, -0.05) is 68.4 Å². The van der Waals surface area contributed by atoms with Crippen LogP contribution in [0.3, 0.4) is 0 Å². The maximum absolute atomic E-state index is 13.6. The van der Waals surface area contributed by atoms with E-state index < -0.39 is 53.7 Å². The molecule has 0 spiro atoms. The van der Waals surface area contributed by atoms with Crippen LogP contribution in [0.1, 0.15) is 50.3 Å². The highest BCUT2D eigenvalue weighted by molar-refractivity contribution is 5.96. The van der Waals surface area contributed by atoms with E-state index in [0.29, 0.717) is 19.3 Å². The number of nitrogens with one attached hydrogen (secondary N) is 5. The predicted molar refractivity (Wildman–Crippen MR) is 176 cm³/mol. The molecule has 6 amide bonds. The number of carbonyl (C=O) groups excluding carboxylic acids is 6. The lowest BCUT2D eigenvalue weighted by atomic mass is 10.0. The summed E-state index contributed by atoms with van der Waals surface area (Å²) >= 11 is 0. The Hall–Kier alpha value is -4.74. The number of amides is 6. The van der Waals surface area contributed by atoms with Crippen LogP contribution in [0.2, 0.25) is 0 Å². The Labute approximate surface area is 275 Å². The van der Waals surface area contributed by atoms with Gasteiger partial charge in [-0.2, -0.15) is 0 Å². The summed E-state index contributed by atoms with van der Waals surface area (Å²) in [5.41, 5.74) is 3.02. The zero-order valence-electron chi connectivity index (χ0n) is 27.5. The number of carbonyl (C=O) groups is 6. The Kier molecular flexibility index (Phi) is 12.1. The molecule has 2 aliphatic rings. The van der Waals surface area contributed by atoms with Crippen LogP contribution >= 0.6 is 0 Å². The fourth-order valence-electron chi connectivity index (χ4n) is 5.96. The van der Waals surface area contributed by atoms with E-state index in [4.69, 9.17) is 0 Å². The molecule has 0 saturated carbocycles. The molecule has 1 heterocycles. The Morgan fingerprint density at radius 1 is 0.872 bits per heavy atom. The first-order valence-electron chi connectivity index (χ1n) is 16.3. The normalized spacial score (nSPS) is 23.9. The quantitative estimate of drug-likeness (QED) is 0.320. The van der Waals surface area contributed by atoms with Gasteiger partial charge in [0.1, 0.15) is 24.2 Å². The maximum atomic E-state index is 13.6. The summed E-state index contributed by atoms with van der Waals surface area (Å²) in [6.45, 7) is 4.99. The monoisotopic (exact) mass is 646 g/mol. The van der Waals surface area contributed by atoms with Crippen molar-refractivity contribution < 1.29 is 28.8 Å². The van der Waals surface area contributed by atoms with E-state index in [-0.39, 0.29) is 43.7 Å². The highest BCUT2D eigenvalue weighted by Crippen LogP contribution is 2.26. The summed E-state index contributed by atoms with van der Waals surface area (Å²) in [6.07, 6.45) is 1.89. The van der Waals surface area contributed by atoms with E-state index in [1.165, 1.54) is 18.9 Å². The lowest BCUT2D eigenvalue weighted by Crippen LogP contribution is -2.59. The fourth-order valence-corrected chi connectivity index (χ4v) is 5.96. The molecule has 0 bridgehead atoms. The van der Waals surface area contributed by atoms with Gasteiger partial charge in [0.15, 0.2) is 0 Å². The third kappa shape index (κ3) is 9.63. The van der Waals surface area contributed by atoms with Crippen LogP contribution < -0.4 is 26.6 Å². The molecule has 4 rings (SSSR count). The average Bonchev–Trinajstić information content (AvgIpc) is 3.48. The van der Waals surface area contributed by atoms with Crippen LogP contribution in [0.25, 0.3) is 0 Å². The number of likely N-dealkylation sites (N-methyl/N-ethyl adjacent to an activating group) is 1. The second-order valence-electron chi connectivity index (χ2n) is 12.8. The van der Waals surface area contributed by atoms with E-state index in [1.807, 2.05) is 54.6 Å². The molecule has 0 unspecified atom stereocenters. The average molecular weight is 647 g/mol. The zero-order chi connectivity index (χ0) is 34.1. The summed E-state index contributed by atoms with van der Waals surface area (Å²) in [7, 11) is 1.49. The molecular formula is C35H46N6O6. The summed E-state index contributed by atoms with van der Waals surface area (Å²) in [5.74, 6) is -3.47. The molecular weight excluding hydrogens is 600 g/mol. The van der Waals surface area contributed by atoms with Crippen molar-refractivity contribution >= 4 is 35.4 Å². The Balaban J connectivity index is 1.52. The van der Waals surface area contributed by atoms with E-state index in [9.17, 15) is 28.8 Å². The maximum Gasteiger partial charge on any atom is 0.245 e. The van der Waals surface area contributed by atoms with Crippen molar-refractivity contribution in [2.75, 3.05) is 20.1 Å². The summed E-state index contributed by atoms with van der Waals surface area (Å²) in [5, 5.41) is 13.9. The molecule has 1 aliphatic heterocycles. The van der Waals surface area contributed by atoms with Gasteiger partial charge in [-0.3, -0.25) is 28.8 Å². The first-order chi connectivity index (χ1) is 22.4. The number of rotatable bonds is 5. The van der Waals surface area contributed by atoms with Crippen molar-refractivity contribution in [3.05, 3.63) is 71.3 Å². The topological polar surface area (TPSA) is 166 Å². The molecule has 2 aromatic carbocycles. The Bertz CT molecular complexity index is 1440. The van der Waals surface area contributed by atoms with Gasteiger partial charge in [0, 0.05) is 25.9 Å². The molecule has 47 heavy (non-hydrogen) atoms. The molecule has 12 nitrogen and oxygen atoms in total. The molecule has 1 saturated heterocycles. The first-order valence-corrected chi connectivity index (χ1v) is 16.3. The second-order valence-corrected chi connectivity index (χ2v) is 12.8. The molecule has 1 fully saturated rings. The van der Waals surface area contributed by atoms with Gasteiger partial charge in [-0.15, -0.1) is 0 Å². The van der Waals surface area contributed by atoms with Crippen LogP contribution in [-0.4, -0.2) is 84.6 Å². The molecule has 0 radical (unpaired) electrons. The third-order valence-corrected chi connectivity index (χ3v) is 8.70. The van der Waals surface area contributed by atoms with Gasteiger partial charge in [-0.05, 0) is 55.2 Å². The van der Waals surface area contributed by atoms with Gasteiger partial charge in [0.2, 0.25) is 35.4 Å². The van der Waals surface area contributed by atoms with Crippen LogP contribution in [0.4, 0.5) is 0 Å². The molecule has 252 valence electrons. The number of benzene rings is 2. The third-order valence-electron chi connectivity index (χ3n) is 8.70. The molecule has 12 heteroatoms. The summed E-state index contributed by atoms with van der Waals surface area (Å²) < 4.78 is 0. The lowest BCUT2D eigenvalue weighted by Gasteiger charge is -2.28. The van der Waals surface area contributed by atoms with Gasteiger partial charge in [0.25, 0.3) is 0 Å². The predicted octanol–water partition coefficient (Wildman–Crippen LogP) is 0.628. The van der Waals surface area contributed by atoms with Crippen molar-refractivity contribution in [3.63, 3.8) is 0 Å². The largest absolute Gasteiger partial charge is 0.355 e. The second kappa shape index (κ2) is 16.2. The lowest BCUT2D eigenvalue weighted by molar-refractivity contribution is -0.139. The van der Waals surface area contributed by atoms with Gasteiger partial charge < -0.3 is 31.5 Å². The number of hydrogen-bond acceptors (Lipinski definition) is 6. The Morgan fingerprint density at radius 3 is 2.15 bits per heavy atom. The van der Waals surface area contributed by atoms with Crippen molar-refractivity contribution in [2.45, 2.75) is 77.0 Å².